The van der Waals surface area contributed by atoms with E-state index in [1.54, 1.807) is 0 Å². The fraction of sp³-hybridized carbons (Fsp3) is 0.778. The van der Waals surface area contributed by atoms with Gasteiger partial charge in [0.15, 0.2) is 0 Å². The highest BCUT2D eigenvalue weighted by molar-refractivity contribution is 5.68. The van der Waals surface area contributed by atoms with Crippen LogP contribution in [0.4, 0.5) is 18.0 Å². The van der Waals surface area contributed by atoms with Crippen molar-refractivity contribution in [3.05, 3.63) is 18.0 Å². The number of aliphatic hydroxyl groups excluding tert-OH is 1. The topological polar surface area (TPSA) is 67.6 Å². The van der Waals surface area contributed by atoms with Crippen LogP contribution in [0.15, 0.2) is 12.4 Å². The van der Waals surface area contributed by atoms with E-state index in [2.05, 4.69) is 20.7 Å². The van der Waals surface area contributed by atoms with E-state index in [0.29, 0.717) is 25.0 Å². The second-order valence-corrected chi connectivity index (χ2v) is 8.17. The first-order valence-electron chi connectivity index (χ1n) is 9.47. The average molecular weight is 387 g/mol. The number of rotatable bonds is 4. The lowest BCUT2D eigenvalue weighted by Gasteiger charge is -2.51. The normalized spacial score (nSPS) is 23.9. The van der Waals surface area contributed by atoms with Gasteiger partial charge in [0, 0.05) is 19.3 Å². The molecule has 150 valence electrons. The number of amides is 1. The van der Waals surface area contributed by atoms with Crippen molar-refractivity contribution in [3.63, 3.8) is 0 Å². The predicted molar refractivity (Wildman–Crippen MR) is 89.1 cm³/mol. The molecule has 9 heteroatoms. The molecule has 0 bridgehead atoms. The SMILES string of the molecule is O=C(OC(CO)C(F)(F)F)N1CCC2(CC1)CC(n1cc(C3CC3)cn1)C2. The van der Waals surface area contributed by atoms with Crippen molar-refractivity contribution < 1.29 is 27.8 Å². The summed E-state index contributed by atoms with van der Waals surface area (Å²) in [6.07, 6.45) is 1.87. The third-order valence-electron chi connectivity index (χ3n) is 6.24. The highest BCUT2D eigenvalue weighted by atomic mass is 19.4. The van der Waals surface area contributed by atoms with Gasteiger partial charge in [-0.25, -0.2) is 4.79 Å². The minimum atomic E-state index is -4.76. The van der Waals surface area contributed by atoms with Crippen LogP contribution < -0.4 is 0 Å². The lowest BCUT2D eigenvalue weighted by Crippen LogP contribution is -2.50. The van der Waals surface area contributed by atoms with E-state index in [-0.39, 0.29) is 5.41 Å². The van der Waals surface area contributed by atoms with Crippen LogP contribution in [0.2, 0.25) is 0 Å². The highest BCUT2D eigenvalue weighted by Crippen LogP contribution is 2.55. The Bertz CT molecular complexity index is 686. The largest absolute Gasteiger partial charge is 0.434 e. The number of alkyl halides is 3. The molecule has 2 heterocycles. The van der Waals surface area contributed by atoms with Crippen LogP contribution in [0.5, 0.6) is 0 Å². The molecule has 0 aromatic carbocycles. The van der Waals surface area contributed by atoms with Crippen molar-refractivity contribution in [1.82, 2.24) is 14.7 Å². The van der Waals surface area contributed by atoms with Crippen molar-refractivity contribution in [1.29, 1.82) is 0 Å². The molecule has 0 radical (unpaired) electrons. The third-order valence-corrected chi connectivity index (χ3v) is 6.24. The van der Waals surface area contributed by atoms with Gasteiger partial charge in [-0.15, -0.1) is 0 Å². The van der Waals surface area contributed by atoms with Gasteiger partial charge in [-0.05, 0) is 55.4 Å². The van der Waals surface area contributed by atoms with Gasteiger partial charge in [-0.3, -0.25) is 4.68 Å². The number of aromatic nitrogens is 2. The van der Waals surface area contributed by atoms with Gasteiger partial charge in [0.05, 0.1) is 18.8 Å². The molecule has 1 aromatic heterocycles. The van der Waals surface area contributed by atoms with Crippen LogP contribution >= 0.6 is 0 Å². The molecule has 3 fully saturated rings. The smallest absolute Gasteiger partial charge is 0.427 e. The first-order chi connectivity index (χ1) is 12.8. The zero-order valence-electron chi connectivity index (χ0n) is 15.0. The van der Waals surface area contributed by atoms with Gasteiger partial charge < -0.3 is 14.7 Å². The van der Waals surface area contributed by atoms with Gasteiger partial charge in [0.1, 0.15) is 0 Å². The summed E-state index contributed by atoms with van der Waals surface area (Å²) in [7, 11) is 0. The summed E-state index contributed by atoms with van der Waals surface area (Å²) in [5.41, 5.74) is 1.46. The van der Waals surface area contributed by atoms with Gasteiger partial charge >= 0.3 is 12.3 Å². The van der Waals surface area contributed by atoms with E-state index in [0.717, 1.165) is 25.7 Å². The number of hydrogen-bond donors (Lipinski definition) is 1. The molecule has 1 unspecified atom stereocenters. The molecule has 27 heavy (non-hydrogen) atoms. The number of carbonyl (C=O) groups is 1. The van der Waals surface area contributed by atoms with Crippen molar-refractivity contribution in [2.75, 3.05) is 19.7 Å². The highest BCUT2D eigenvalue weighted by Gasteiger charge is 2.48. The predicted octanol–water partition coefficient (Wildman–Crippen LogP) is 3.24. The van der Waals surface area contributed by atoms with Crippen LogP contribution in [0, 0.1) is 5.41 Å². The zero-order chi connectivity index (χ0) is 19.2. The Balaban J connectivity index is 1.26. The molecule has 6 nitrogen and oxygen atoms in total. The number of hydrogen-bond acceptors (Lipinski definition) is 4. The quantitative estimate of drug-likeness (QED) is 0.861. The molecule has 1 spiro atoms. The summed E-state index contributed by atoms with van der Waals surface area (Å²) in [4.78, 5) is 13.3. The molecule has 1 N–H and O–H groups in total. The van der Waals surface area contributed by atoms with Gasteiger partial charge in [-0.1, -0.05) is 0 Å². The number of aliphatic hydroxyl groups is 1. The summed E-state index contributed by atoms with van der Waals surface area (Å²) < 4.78 is 44.4. The Morgan fingerprint density at radius 3 is 2.56 bits per heavy atom. The first kappa shape index (κ1) is 18.6. The van der Waals surface area contributed by atoms with E-state index in [4.69, 9.17) is 5.11 Å². The van der Waals surface area contributed by atoms with Crippen LogP contribution in [-0.2, 0) is 4.74 Å². The summed E-state index contributed by atoms with van der Waals surface area (Å²) in [6.45, 7) is -0.497. The van der Waals surface area contributed by atoms with E-state index >= 15 is 0 Å². The van der Waals surface area contributed by atoms with Crippen molar-refractivity contribution in [2.45, 2.75) is 62.8 Å². The first-order valence-corrected chi connectivity index (χ1v) is 9.47. The second kappa shape index (κ2) is 6.68. The maximum Gasteiger partial charge on any atom is 0.427 e. The van der Waals surface area contributed by atoms with Crippen LogP contribution in [0.3, 0.4) is 0 Å². The molecule has 1 saturated heterocycles. The van der Waals surface area contributed by atoms with E-state index in [9.17, 15) is 18.0 Å². The Morgan fingerprint density at radius 2 is 2.00 bits per heavy atom. The fourth-order valence-electron chi connectivity index (χ4n) is 4.28. The fourth-order valence-corrected chi connectivity index (χ4v) is 4.28. The molecular weight excluding hydrogens is 363 g/mol. The number of likely N-dealkylation sites (tertiary alicyclic amines) is 1. The van der Waals surface area contributed by atoms with Crippen molar-refractivity contribution >= 4 is 6.09 Å². The molecule has 2 saturated carbocycles. The molecule has 1 atom stereocenters. The minimum absolute atomic E-state index is 0.146. The Labute approximate surface area is 155 Å². The van der Waals surface area contributed by atoms with Crippen LogP contribution in [-0.4, -0.2) is 57.9 Å². The second-order valence-electron chi connectivity index (χ2n) is 8.17. The molecule has 2 aliphatic carbocycles. The van der Waals surface area contributed by atoms with Crippen LogP contribution in [0.25, 0.3) is 0 Å². The average Bonchev–Trinajstić information content (AvgIpc) is 3.34. The van der Waals surface area contributed by atoms with Gasteiger partial charge in [0.2, 0.25) is 6.10 Å². The lowest BCUT2D eigenvalue weighted by atomic mass is 9.60. The Morgan fingerprint density at radius 1 is 1.33 bits per heavy atom. The standard InChI is InChI=1S/C18H24F3N3O3/c19-18(20,21)15(11-25)27-16(26)23-5-3-17(4-6-23)7-14(8-17)24-10-13(9-22-24)12-1-2-12/h9-10,12,14-15,25H,1-8,11H2. The van der Waals surface area contributed by atoms with Crippen LogP contribution in [0.1, 0.15) is 56.0 Å². The molecular formula is C18H24F3N3O3. The number of nitrogens with zero attached hydrogens (tertiary/aromatic N) is 3. The van der Waals surface area contributed by atoms with E-state index < -0.39 is 25.0 Å². The van der Waals surface area contributed by atoms with Crippen molar-refractivity contribution in [3.8, 4) is 0 Å². The van der Waals surface area contributed by atoms with E-state index in [1.807, 2.05) is 6.20 Å². The number of carbonyl (C=O) groups excluding carboxylic acids is 1. The lowest BCUT2D eigenvalue weighted by molar-refractivity contribution is -0.215. The monoisotopic (exact) mass is 387 g/mol. The maximum atomic E-state index is 12.6. The maximum absolute atomic E-state index is 12.6. The number of ether oxygens (including phenoxy) is 1. The summed E-state index contributed by atoms with van der Waals surface area (Å²) in [5, 5.41) is 13.3. The summed E-state index contributed by atoms with van der Waals surface area (Å²) >= 11 is 0. The molecule has 4 rings (SSSR count). The molecule has 1 aromatic rings. The molecule has 1 aliphatic heterocycles. The number of halogens is 3. The van der Waals surface area contributed by atoms with E-state index in [1.165, 1.54) is 23.3 Å². The van der Waals surface area contributed by atoms with Gasteiger partial charge in [0.25, 0.3) is 0 Å². The summed E-state index contributed by atoms with van der Waals surface area (Å²) in [5.74, 6) is 0.682. The number of piperidine rings is 1. The summed E-state index contributed by atoms with van der Waals surface area (Å²) in [6, 6.07) is 0.375. The Kier molecular flexibility index (Phi) is 4.60. The molecule has 1 amide bonds. The third kappa shape index (κ3) is 3.79. The molecule has 3 aliphatic rings. The Hall–Kier alpha value is -1.77. The zero-order valence-corrected chi connectivity index (χ0v) is 15.0. The minimum Gasteiger partial charge on any atom is -0.434 e. The van der Waals surface area contributed by atoms with Crippen molar-refractivity contribution in [2.24, 2.45) is 5.41 Å². The van der Waals surface area contributed by atoms with Gasteiger partial charge in [-0.2, -0.15) is 18.3 Å².